The lowest BCUT2D eigenvalue weighted by atomic mass is 10.1. The fourth-order valence-electron chi connectivity index (χ4n) is 3.02. The Morgan fingerprint density at radius 1 is 1.10 bits per heavy atom. The molecule has 116 valence electrons. The van der Waals surface area contributed by atoms with Gasteiger partial charge in [0.05, 0.1) is 13.2 Å². The zero-order valence-corrected chi connectivity index (χ0v) is 12.6. The van der Waals surface area contributed by atoms with Gasteiger partial charge in [-0.2, -0.15) is 0 Å². The molecule has 0 aromatic rings. The Kier molecular flexibility index (Phi) is 6.06. The van der Waals surface area contributed by atoms with Gasteiger partial charge in [0.15, 0.2) is 0 Å². The number of urea groups is 1. The molecule has 0 radical (unpaired) electrons. The minimum Gasteiger partial charge on any atom is -0.378 e. The van der Waals surface area contributed by atoms with Crippen LogP contribution in [0.25, 0.3) is 0 Å². The molecule has 0 aliphatic carbocycles. The van der Waals surface area contributed by atoms with E-state index in [1.165, 1.54) is 0 Å². The van der Waals surface area contributed by atoms with Crippen LogP contribution in [0, 0.1) is 0 Å². The van der Waals surface area contributed by atoms with Crippen molar-refractivity contribution < 1.29 is 9.53 Å². The molecule has 2 saturated heterocycles. The van der Waals surface area contributed by atoms with E-state index in [0.717, 1.165) is 52.1 Å². The molecular formula is C14H28N4O2. The highest BCUT2D eigenvalue weighted by atomic mass is 16.5. The molecule has 0 saturated carbocycles. The zero-order chi connectivity index (χ0) is 14.4. The van der Waals surface area contributed by atoms with E-state index in [4.69, 9.17) is 10.5 Å². The summed E-state index contributed by atoms with van der Waals surface area (Å²) in [5, 5.41) is 0. The van der Waals surface area contributed by atoms with E-state index in [2.05, 4.69) is 11.8 Å². The van der Waals surface area contributed by atoms with Crippen LogP contribution in [0.1, 0.15) is 19.8 Å². The summed E-state index contributed by atoms with van der Waals surface area (Å²) in [6, 6.07) is 0.647. The molecule has 0 aromatic heterocycles. The van der Waals surface area contributed by atoms with Crippen LogP contribution in [-0.2, 0) is 4.74 Å². The molecule has 2 aliphatic rings. The summed E-state index contributed by atoms with van der Waals surface area (Å²) in [4.78, 5) is 18.7. The van der Waals surface area contributed by atoms with Gasteiger partial charge in [0, 0.05) is 51.9 Å². The van der Waals surface area contributed by atoms with Crippen molar-refractivity contribution in [2.75, 3.05) is 59.0 Å². The third kappa shape index (κ3) is 3.84. The lowest BCUT2D eigenvalue weighted by Crippen LogP contribution is -2.57. The second-order valence-corrected chi connectivity index (χ2v) is 5.58. The molecule has 20 heavy (non-hydrogen) atoms. The average Bonchev–Trinajstić information content (AvgIpc) is 2.53. The van der Waals surface area contributed by atoms with Gasteiger partial charge in [-0.25, -0.2) is 4.79 Å². The van der Waals surface area contributed by atoms with Crippen LogP contribution < -0.4 is 5.73 Å². The maximum Gasteiger partial charge on any atom is 0.320 e. The van der Waals surface area contributed by atoms with E-state index in [-0.39, 0.29) is 6.03 Å². The van der Waals surface area contributed by atoms with Gasteiger partial charge in [-0.05, 0) is 6.42 Å². The van der Waals surface area contributed by atoms with Gasteiger partial charge in [0.1, 0.15) is 0 Å². The molecule has 0 spiro atoms. The molecule has 1 atom stereocenters. The van der Waals surface area contributed by atoms with E-state index in [1.807, 2.05) is 9.80 Å². The summed E-state index contributed by atoms with van der Waals surface area (Å²) in [7, 11) is 0. The Morgan fingerprint density at radius 3 is 2.25 bits per heavy atom. The standard InChI is InChI=1S/C14H28N4O2/c1-2-3-13(12-15)16-4-6-17(7-5-16)14(19)18-8-10-20-11-9-18/h13H,2-12,15H2,1H3. The molecule has 2 N–H and O–H groups in total. The van der Waals surface area contributed by atoms with Crippen LogP contribution in [0.3, 0.4) is 0 Å². The third-order valence-corrected chi connectivity index (χ3v) is 4.28. The smallest absolute Gasteiger partial charge is 0.320 e. The average molecular weight is 284 g/mol. The summed E-state index contributed by atoms with van der Waals surface area (Å²) in [5.41, 5.74) is 5.86. The lowest BCUT2D eigenvalue weighted by molar-refractivity contribution is 0.0346. The topological polar surface area (TPSA) is 62.0 Å². The summed E-state index contributed by atoms with van der Waals surface area (Å²) in [5.74, 6) is 0. The number of carbonyl (C=O) groups excluding carboxylic acids is 1. The Bertz CT molecular complexity index is 300. The predicted octanol–water partition coefficient (Wildman–Crippen LogP) is 0.184. The SMILES string of the molecule is CCCC(CN)N1CCN(C(=O)N2CCOCC2)CC1. The van der Waals surface area contributed by atoms with Crippen molar-refractivity contribution in [3.8, 4) is 0 Å². The number of nitrogens with two attached hydrogens (primary N) is 1. The molecule has 6 heteroatoms. The number of hydrogen-bond acceptors (Lipinski definition) is 4. The molecule has 2 rings (SSSR count). The van der Waals surface area contributed by atoms with Gasteiger partial charge < -0.3 is 20.3 Å². The molecule has 6 nitrogen and oxygen atoms in total. The Morgan fingerprint density at radius 2 is 1.70 bits per heavy atom. The second-order valence-electron chi connectivity index (χ2n) is 5.58. The summed E-state index contributed by atoms with van der Waals surface area (Å²) in [6.45, 7) is 9.20. The normalized spacial score (nSPS) is 22.9. The molecule has 0 aromatic carbocycles. The fourth-order valence-corrected chi connectivity index (χ4v) is 3.02. The highest BCUT2D eigenvalue weighted by molar-refractivity contribution is 5.74. The number of amides is 2. The predicted molar refractivity (Wildman–Crippen MR) is 78.7 cm³/mol. The van der Waals surface area contributed by atoms with Crippen molar-refractivity contribution in [3.63, 3.8) is 0 Å². The first kappa shape index (κ1) is 15.5. The lowest BCUT2D eigenvalue weighted by Gasteiger charge is -2.41. The number of rotatable bonds is 4. The van der Waals surface area contributed by atoms with Crippen molar-refractivity contribution in [3.05, 3.63) is 0 Å². The van der Waals surface area contributed by atoms with Crippen molar-refractivity contribution in [1.82, 2.24) is 14.7 Å². The molecular weight excluding hydrogens is 256 g/mol. The minimum atomic E-state index is 0.174. The molecule has 0 bridgehead atoms. The Balaban J connectivity index is 1.79. The van der Waals surface area contributed by atoms with Gasteiger partial charge in [-0.3, -0.25) is 4.90 Å². The van der Waals surface area contributed by atoms with Crippen LogP contribution in [0.4, 0.5) is 4.79 Å². The number of piperazine rings is 1. The van der Waals surface area contributed by atoms with Gasteiger partial charge >= 0.3 is 6.03 Å². The second kappa shape index (κ2) is 7.81. The monoisotopic (exact) mass is 284 g/mol. The van der Waals surface area contributed by atoms with E-state index < -0.39 is 0 Å². The molecule has 2 amide bonds. The number of carbonyl (C=O) groups is 1. The number of hydrogen-bond donors (Lipinski definition) is 1. The van der Waals surface area contributed by atoms with Gasteiger partial charge in [0.25, 0.3) is 0 Å². The largest absolute Gasteiger partial charge is 0.378 e. The Labute approximate surface area is 121 Å². The summed E-state index contributed by atoms with van der Waals surface area (Å²) in [6.07, 6.45) is 2.31. The van der Waals surface area contributed by atoms with Gasteiger partial charge in [0.2, 0.25) is 0 Å². The number of morpholine rings is 1. The molecule has 2 heterocycles. The van der Waals surface area contributed by atoms with Crippen LogP contribution in [0.15, 0.2) is 0 Å². The van der Waals surface area contributed by atoms with Crippen LogP contribution in [0.5, 0.6) is 0 Å². The van der Waals surface area contributed by atoms with Gasteiger partial charge in [-0.15, -0.1) is 0 Å². The number of nitrogens with zero attached hydrogens (tertiary/aromatic N) is 3. The minimum absolute atomic E-state index is 0.174. The van der Waals surface area contributed by atoms with E-state index >= 15 is 0 Å². The zero-order valence-electron chi connectivity index (χ0n) is 12.6. The molecule has 2 fully saturated rings. The van der Waals surface area contributed by atoms with Crippen LogP contribution in [0.2, 0.25) is 0 Å². The van der Waals surface area contributed by atoms with E-state index in [0.29, 0.717) is 25.8 Å². The highest BCUT2D eigenvalue weighted by Crippen LogP contribution is 2.12. The maximum absolute atomic E-state index is 12.4. The Hall–Kier alpha value is -0.850. The van der Waals surface area contributed by atoms with Crippen LogP contribution in [-0.4, -0.2) is 85.8 Å². The van der Waals surface area contributed by atoms with Gasteiger partial charge in [-0.1, -0.05) is 13.3 Å². The first-order valence-corrected chi connectivity index (χ1v) is 7.82. The first-order chi connectivity index (χ1) is 9.76. The number of ether oxygens (including phenoxy) is 1. The summed E-state index contributed by atoms with van der Waals surface area (Å²) < 4.78 is 5.29. The van der Waals surface area contributed by atoms with Crippen molar-refractivity contribution in [1.29, 1.82) is 0 Å². The van der Waals surface area contributed by atoms with Crippen molar-refractivity contribution >= 4 is 6.03 Å². The first-order valence-electron chi connectivity index (χ1n) is 7.82. The quantitative estimate of drug-likeness (QED) is 0.800. The van der Waals surface area contributed by atoms with Crippen LogP contribution >= 0.6 is 0 Å². The molecule has 1 unspecified atom stereocenters. The van der Waals surface area contributed by atoms with E-state index in [1.54, 1.807) is 0 Å². The molecule has 2 aliphatic heterocycles. The summed E-state index contributed by atoms with van der Waals surface area (Å²) >= 11 is 0. The van der Waals surface area contributed by atoms with E-state index in [9.17, 15) is 4.79 Å². The fraction of sp³-hybridized carbons (Fsp3) is 0.929. The highest BCUT2D eigenvalue weighted by Gasteiger charge is 2.28. The van der Waals surface area contributed by atoms with Crippen molar-refractivity contribution in [2.45, 2.75) is 25.8 Å². The van der Waals surface area contributed by atoms with Crippen molar-refractivity contribution in [2.24, 2.45) is 5.73 Å². The third-order valence-electron chi connectivity index (χ3n) is 4.28. The maximum atomic E-state index is 12.4.